The highest BCUT2D eigenvalue weighted by Crippen LogP contribution is 2.18. The summed E-state index contributed by atoms with van der Waals surface area (Å²) in [5.74, 6) is 0.00977. The molecule has 2 rings (SSSR count). The van der Waals surface area contributed by atoms with Crippen LogP contribution in [0.3, 0.4) is 0 Å². The molecule has 104 valence electrons. The quantitative estimate of drug-likeness (QED) is 0.785. The van der Waals surface area contributed by atoms with Gasteiger partial charge in [0.15, 0.2) is 0 Å². The highest BCUT2D eigenvalue weighted by atomic mass is 79.9. The second-order valence-corrected chi connectivity index (χ2v) is 6.04. The van der Waals surface area contributed by atoms with Crippen LogP contribution in [0.15, 0.2) is 46.9 Å². The Labute approximate surface area is 132 Å². The first-order valence-corrected chi connectivity index (χ1v) is 7.40. The molecule has 0 aromatic heterocycles. The average Bonchev–Trinajstić information content (AvgIpc) is 2.43. The fraction of sp³-hybridized carbons (Fsp3) is 0.188. The molecule has 0 bridgehead atoms. The minimum absolute atomic E-state index is 0.00977. The standard InChI is InChI=1S/C16H15BrClNO/c1-11-9-13(5-8-15(11)17)16(20)19(2)10-12-3-6-14(18)7-4-12/h3-9H,10H2,1-2H3. The van der Waals surface area contributed by atoms with E-state index in [1.165, 1.54) is 0 Å². The Morgan fingerprint density at radius 1 is 1.20 bits per heavy atom. The van der Waals surface area contributed by atoms with E-state index in [0.717, 1.165) is 15.6 Å². The molecular weight excluding hydrogens is 338 g/mol. The van der Waals surface area contributed by atoms with Gasteiger partial charge in [0.2, 0.25) is 0 Å². The predicted molar refractivity (Wildman–Crippen MR) is 86.1 cm³/mol. The Morgan fingerprint density at radius 3 is 2.45 bits per heavy atom. The molecule has 0 unspecified atom stereocenters. The number of hydrogen-bond donors (Lipinski definition) is 0. The molecule has 1 amide bonds. The van der Waals surface area contributed by atoms with E-state index in [-0.39, 0.29) is 5.91 Å². The average molecular weight is 353 g/mol. The van der Waals surface area contributed by atoms with Crippen molar-refractivity contribution in [3.05, 3.63) is 68.7 Å². The number of carbonyl (C=O) groups is 1. The molecule has 20 heavy (non-hydrogen) atoms. The molecule has 0 N–H and O–H groups in total. The molecule has 0 aliphatic heterocycles. The molecular formula is C16H15BrClNO. The van der Waals surface area contributed by atoms with E-state index >= 15 is 0 Å². The van der Waals surface area contributed by atoms with Gasteiger partial charge in [-0.3, -0.25) is 4.79 Å². The van der Waals surface area contributed by atoms with Gasteiger partial charge in [-0.25, -0.2) is 0 Å². The highest BCUT2D eigenvalue weighted by molar-refractivity contribution is 9.10. The number of amides is 1. The van der Waals surface area contributed by atoms with Crippen molar-refractivity contribution >= 4 is 33.4 Å². The molecule has 0 atom stereocenters. The molecule has 0 fully saturated rings. The molecule has 0 radical (unpaired) electrons. The van der Waals surface area contributed by atoms with Gasteiger partial charge in [-0.2, -0.15) is 0 Å². The summed E-state index contributed by atoms with van der Waals surface area (Å²) in [7, 11) is 1.80. The minimum Gasteiger partial charge on any atom is -0.337 e. The summed E-state index contributed by atoms with van der Waals surface area (Å²) < 4.78 is 1.01. The maximum Gasteiger partial charge on any atom is 0.253 e. The third-order valence-electron chi connectivity index (χ3n) is 3.08. The van der Waals surface area contributed by atoms with E-state index < -0.39 is 0 Å². The van der Waals surface area contributed by atoms with Crippen LogP contribution in [0.4, 0.5) is 0 Å². The van der Waals surface area contributed by atoms with Crippen molar-refractivity contribution in [3.63, 3.8) is 0 Å². The second kappa shape index (κ2) is 6.42. The van der Waals surface area contributed by atoms with Gasteiger partial charge >= 0.3 is 0 Å². The maximum absolute atomic E-state index is 12.4. The van der Waals surface area contributed by atoms with Gasteiger partial charge < -0.3 is 4.90 Å². The van der Waals surface area contributed by atoms with E-state index in [4.69, 9.17) is 11.6 Å². The summed E-state index contributed by atoms with van der Waals surface area (Å²) in [6, 6.07) is 13.1. The number of nitrogens with zero attached hydrogens (tertiary/aromatic N) is 1. The third kappa shape index (κ3) is 3.62. The molecule has 2 aromatic rings. The van der Waals surface area contributed by atoms with Crippen molar-refractivity contribution in [2.45, 2.75) is 13.5 Å². The van der Waals surface area contributed by atoms with Crippen molar-refractivity contribution in [3.8, 4) is 0 Å². The fourth-order valence-electron chi connectivity index (χ4n) is 1.93. The smallest absolute Gasteiger partial charge is 0.253 e. The van der Waals surface area contributed by atoms with Gasteiger partial charge in [-0.15, -0.1) is 0 Å². The van der Waals surface area contributed by atoms with Crippen LogP contribution < -0.4 is 0 Å². The lowest BCUT2D eigenvalue weighted by atomic mass is 10.1. The summed E-state index contributed by atoms with van der Waals surface area (Å²) in [6.07, 6.45) is 0. The first kappa shape index (κ1) is 15.1. The summed E-state index contributed by atoms with van der Waals surface area (Å²) >= 11 is 9.29. The van der Waals surface area contributed by atoms with E-state index in [9.17, 15) is 4.79 Å². The first-order chi connectivity index (χ1) is 9.47. The molecule has 0 heterocycles. The Hall–Kier alpha value is -1.32. The van der Waals surface area contributed by atoms with E-state index in [1.807, 2.05) is 49.4 Å². The van der Waals surface area contributed by atoms with Gasteiger partial charge in [-0.05, 0) is 48.4 Å². The van der Waals surface area contributed by atoms with Crippen molar-refractivity contribution in [2.24, 2.45) is 0 Å². The minimum atomic E-state index is 0.00977. The summed E-state index contributed by atoms with van der Waals surface area (Å²) in [6.45, 7) is 2.53. The van der Waals surface area contributed by atoms with Gasteiger partial charge in [0.25, 0.3) is 5.91 Å². The predicted octanol–water partition coefficient (Wildman–Crippen LogP) is 4.68. The monoisotopic (exact) mass is 351 g/mol. The van der Waals surface area contributed by atoms with E-state index in [1.54, 1.807) is 11.9 Å². The summed E-state index contributed by atoms with van der Waals surface area (Å²) in [4.78, 5) is 14.1. The Kier molecular flexibility index (Phi) is 4.84. The molecule has 0 spiro atoms. The Morgan fingerprint density at radius 2 is 1.85 bits per heavy atom. The molecule has 0 saturated carbocycles. The van der Waals surface area contributed by atoms with Gasteiger partial charge in [0.1, 0.15) is 0 Å². The number of aryl methyl sites for hydroxylation is 1. The Balaban J connectivity index is 2.11. The van der Waals surface area contributed by atoms with Crippen LogP contribution in [0.2, 0.25) is 5.02 Å². The number of benzene rings is 2. The molecule has 0 aliphatic rings. The van der Waals surface area contributed by atoms with Crippen LogP contribution in [0.5, 0.6) is 0 Å². The van der Waals surface area contributed by atoms with Crippen LogP contribution in [-0.2, 0) is 6.54 Å². The number of hydrogen-bond acceptors (Lipinski definition) is 1. The SMILES string of the molecule is Cc1cc(C(=O)N(C)Cc2ccc(Cl)cc2)ccc1Br. The van der Waals surface area contributed by atoms with Crippen LogP contribution in [-0.4, -0.2) is 17.9 Å². The summed E-state index contributed by atoms with van der Waals surface area (Å²) in [5, 5.41) is 0.700. The van der Waals surface area contributed by atoms with Crippen molar-refractivity contribution in [1.29, 1.82) is 0 Å². The summed E-state index contributed by atoms with van der Waals surface area (Å²) in [5.41, 5.74) is 2.80. The zero-order valence-corrected chi connectivity index (χ0v) is 13.7. The lowest BCUT2D eigenvalue weighted by molar-refractivity contribution is 0.0785. The zero-order chi connectivity index (χ0) is 14.7. The van der Waals surface area contributed by atoms with Crippen molar-refractivity contribution in [2.75, 3.05) is 7.05 Å². The molecule has 2 nitrogen and oxygen atoms in total. The van der Waals surface area contributed by atoms with Crippen molar-refractivity contribution in [1.82, 2.24) is 4.90 Å². The lowest BCUT2D eigenvalue weighted by Crippen LogP contribution is -2.26. The number of rotatable bonds is 3. The Bertz CT molecular complexity index is 625. The van der Waals surface area contributed by atoms with Crippen LogP contribution in [0.1, 0.15) is 21.5 Å². The lowest BCUT2D eigenvalue weighted by Gasteiger charge is -2.18. The molecule has 0 saturated heterocycles. The van der Waals surface area contributed by atoms with Gasteiger partial charge in [0.05, 0.1) is 0 Å². The van der Waals surface area contributed by atoms with Crippen LogP contribution >= 0.6 is 27.5 Å². The maximum atomic E-state index is 12.4. The molecule has 0 aliphatic carbocycles. The first-order valence-electron chi connectivity index (χ1n) is 6.23. The van der Waals surface area contributed by atoms with Crippen molar-refractivity contribution < 1.29 is 4.79 Å². The largest absolute Gasteiger partial charge is 0.337 e. The molecule has 2 aromatic carbocycles. The number of halogens is 2. The van der Waals surface area contributed by atoms with Gasteiger partial charge in [0, 0.05) is 28.7 Å². The van der Waals surface area contributed by atoms with Crippen LogP contribution in [0.25, 0.3) is 0 Å². The molecule has 4 heteroatoms. The third-order valence-corrected chi connectivity index (χ3v) is 4.23. The van der Waals surface area contributed by atoms with Gasteiger partial charge in [-0.1, -0.05) is 39.7 Å². The number of carbonyl (C=O) groups excluding carboxylic acids is 1. The highest BCUT2D eigenvalue weighted by Gasteiger charge is 2.12. The fourth-order valence-corrected chi connectivity index (χ4v) is 2.31. The van der Waals surface area contributed by atoms with Crippen LogP contribution in [0, 0.1) is 6.92 Å². The normalized spacial score (nSPS) is 10.4. The van der Waals surface area contributed by atoms with E-state index in [2.05, 4.69) is 15.9 Å². The van der Waals surface area contributed by atoms with E-state index in [0.29, 0.717) is 17.1 Å². The topological polar surface area (TPSA) is 20.3 Å². The second-order valence-electron chi connectivity index (χ2n) is 4.75. The zero-order valence-electron chi connectivity index (χ0n) is 11.4.